The molecule has 0 atom stereocenters. The van der Waals surface area contributed by atoms with Gasteiger partial charge in [-0.3, -0.25) is 4.72 Å². The van der Waals surface area contributed by atoms with Gasteiger partial charge in [-0.15, -0.1) is 0 Å². The highest BCUT2D eigenvalue weighted by atomic mass is 32.2. The standard InChI is InChI=1S/C10H10FN3O3S/c1-6-4-10(13-17-6)14-18(15,16)7-2-3-8(11)9(12)5-7/h2-5H,12H2,1H3,(H,13,14). The van der Waals surface area contributed by atoms with Crippen LogP contribution >= 0.6 is 0 Å². The highest BCUT2D eigenvalue weighted by Gasteiger charge is 2.17. The van der Waals surface area contributed by atoms with Crippen molar-refractivity contribution >= 4 is 21.5 Å². The van der Waals surface area contributed by atoms with E-state index < -0.39 is 15.8 Å². The summed E-state index contributed by atoms with van der Waals surface area (Å²) in [6.07, 6.45) is 0. The van der Waals surface area contributed by atoms with Gasteiger partial charge >= 0.3 is 0 Å². The number of anilines is 2. The Bertz CT molecular complexity index is 681. The third-order valence-electron chi connectivity index (χ3n) is 2.14. The van der Waals surface area contributed by atoms with E-state index in [0.717, 1.165) is 18.2 Å². The minimum absolute atomic E-state index is 0.0513. The molecular weight excluding hydrogens is 261 g/mol. The van der Waals surface area contributed by atoms with Gasteiger partial charge in [0.25, 0.3) is 10.0 Å². The molecule has 8 heteroatoms. The number of aromatic nitrogens is 1. The van der Waals surface area contributed by atoms with E-state index >= 15 is 0 Å². The maximum absolute atomic E-state index is 12.9. The number of nitrogen functional groups attached to an aromatic ring is 1. The van der Waals surface area contributed by atoms with Gasteiger partial charge in [0.2, 0.25) is 0 Å². The summed E-state index contributed by atoms with van der Waals surface area (Å²) in [7, 11) is -3.86. The van der Waals surface area contributed by atoms with Crippen molar-refractivity contribution in [2.75, 3.05) is 10.5 Å². The maximum Gasteiger partial charge on any atom is 0.263 e. The van der Waals surface area contributed by atoms with Crippen LogP contribution in [0.2, 0.25) is 0 Å². The molecule has 3 N–H and O–H groups in total. The van der Waals surface area contributed by atoms with Crippen molar-refractivity contribution in [3.63, 3.8) is 0 Å². The van der Waals surface area contributed by atoms with Crippen LogP contribution in [0.15, 0.2) is 33.7 Å². The molecule has 1 aromatic heterocycles. The summed E-state index contributed by atoms with van der Waals surface area (Å²) in [4.78, 5) is -0.151. The highest BCUT2D eigenvalue weighted by molar-refractivity contribution is 7.92. The third-order valence-corrected chi connectivity index (χ3v) is 3.50. The molecule has 0 radical (unpaired) electrons. The molecule has 0 fully saturated rings. The van der Waals surface area contributed by atoms with Gasteiger partial charge in [-0.1, -0.05) is 5.16 Å². The van der Waals surface area contributed by atoms with Crippen LogP contribution in [0.4, 0.5) is 15.9 Å². The Labute approximate surface area is 103 Å². The number of sulfonamides is 1. The fraction of sp³-hybridized carbons (Fsp3) is 0.100. The zero-order valence-electron chi connectivity index (χ0n) is 9.34. The Hall–Kier alpha value is -2.09. The van der Waals surface area contributed by atoms with E-state index in [4.69, 9.17) is 10.3 Å². The first kappa shape index (κ1) is 12.4. The smallest absolute Gasteiger partial charge is 0.263 e. The van der Waals surface area contributed by atoms with Crippen LogP contribution in [-0.4, -0.2) is 13.6 Å². The summed E-state index contributed by atoms with van der Waals surface area (Å²) >= 11 is 0. The lowest BCUT2D eigenvalue weighted by Gasteiger charge is -2.05. The van der Waals surface area contributed by atoms with Crippen molar-refractivity contribution in [3.8, 4) is 0 Å². The predicted molar refractivity (Wildman–Crippen MR) is 62.9 cm³/mol. The van der Waals surface area contributed by atoms with Gasteiger partial charge in [0, 0.05) is 6.07 Å². The molecule has 0 saturated heterocycles. The van der Waals surface area contributed by atoms with Crippen molar-refractivity contribution in [1.29, 1.82) is 0 Å². The number of nitrogens with one attached hydrogen (secondary N) is 1. The molecule has 2 rings (SSSR count). The number of halogens is 1. The van der Waals surface area contributed by atoms with Crippen molar-refractivity contribution < 1.29 is 17.3 Å². The van der Waals surface area contributed by atoms with Crippen molar-refractivity contribution in [2.24, 2.45) is 0 Å². The summed E-state index contributed by atoms with van der Waals surface area (Å²) < 4.78 is 43.7. The van der Waals surface area contributed by atoms with Gasteiger partial charge in [0.15, 0.2) is 5.82 Å². The van der Waals surface area contributed by atoms with E-state index in [-0.39, 0.29) is 16.4 Å². The Balaban J connectivity index is 2.33. The highest BCUT2D eigenvalue weighted by Crippen LogP contribution is 2.19. The van der Waals surface area contributed by atoms with Crippen LogP contribution in [0.25, 0.3) is 0 Å². The van der Waals surface area contributed by atoms with Crippen molar-refractivity contribution in [3.05, 3.63) is 35.8 Å². The van der Waals surface area contributed by atoms with Crippen LogP contribution in [-0.2, 0) is 10.0 Å². The van der Waals surface area contributed by atoms with Gasteiger partial charge in [-0.05, 0) is 25.1 Å². The second-order valence-electron chi connectivity index (χ2n) is 3.61. The lowest BCUT2D eigenvalue weighted by molar-refractivity contribution is 0.400. The lowest BCUT2D eigenvalue weighted by atomic mass is 10.3. The van der Waals surface area contributed by atoms with E-state index in [1.165, 1.54) is 6.07 Å². The van der Waals surface area contributed by atoms with E-state index in [9.17, 15) is 12.8 Å². The number of hydrogen-bond acceptors (Lipinski definition) is 5. The fourth-order valence-electron chi connectivity index (χ4n) is 1.30. The van der Waals surface area contributed by atoms with E-state index in [1.54, 1.807) is 6.92 Å². The predicted octanol–water partition coefficient (Wildman–Crippen LogP) is 1.51. The molecular formula is C10H10FN3O3S. The Morgan fingerprint density at radius 2 is 2.11 bits per heavy atom. The Morgan fingerprint density at radius 1 is 1.39 bits per heavy atom. The minimum Gasteiger partial charge on any atom is -0.396 e. The molecule has 1 heterocycles. The van der Waals surface area contributed by atoms with Gasteiger partial charge in [0.1, 0.15) is 11.6 Å². The summed E-state index contributed by atoms with van der Waals surface area (Å²) in [6, 6.07) is 4.55. The Morgan fingerprint density at radius 3 is 2.67 bits per heavy atom. The lowest BCUT2D eigenvalue weighted by Crippen LogP contribution is -2.13. The molecule has 6 nitrogen and oxygen atoms in total. The second-order valence-corrected chi connectivity index (χ2v) is 5.29. The van der Waals surface area contributed by atoms with Gasteiger partial charge in [-0.25, -0.2) is 12.8 Å². The molecule has 0 aliphatic rings. The molecule has 1 aromatic carbocycles. The molecule has 0 aliphatic carbocycles. The van der Waals surface area contributed by atoms with Crippen LogP contribution in [0.5, 0.6) is 0 Å². The van der Waals surface area contributed by atoms with Crippen LogP contribution < -0.4 is 10.5 Å². The number of rotatable bonds is 3. The average Bonchev–Trinajstić information content (AvgIpc) is 2.67. The molecule has 18 heavy (non-hydrogen) atoms. The van der Waals surface area contributed by atoms with E-state index in [1.807, 2.05) is 0 Å². The molecule has 2 aromatic rings. The maximum atomic E-state index is 12.9. The summed E-state index contributed by atoms with van der Waals surface area (Å²) in [5.74, 6) is -0.159. The number of aryl methyl sites for hydroxylation is 1. The molecule has 0 spiro atoms. The molecule has 0 amide bonds. The van der Waals surface area contributed by atoms with Crippen LogP contribution in [0.1, 0.15) is 5.76 Å². The molecule has 96 valence electrons. The topological polar surface area (TPSA) is 98.2 Å². The largest absolute Gasteiger partial charge is 0.396 e. The summed E-state index contributed by atoms with van der Waals surface area (Å²) in [5, 5.41) is 3.50. The van der Waals surface area contributed by atoms with Gasteiger partial charge < -0.3 is 10.3 Å². The van der Waals surface area contributed by atoms with Crippen molar-refractivity contribution in [1.82, 2.24) is 5.16 Å². The summed E-state index contributed by atoms with van der Waals surface area (Å²) in [6.45, 7) is 1.63. The number of nitrogens with zero attached hydrogens (tertiary/aromatic N) is 1. The molecule has 0 aliphatic heterocycles. The zero-order chi connectivity index (χ0) is 13.3. The number of nitrogens with two attached hydrogens (primary N) is 1. The average molecular weight is 271 g/mol. The minimum atomic E-state index is -3.86. The molecule has 0 saturated carbocycles. The third kappa shape index (κ3) is 2.43. The molecule has 0 bridgehead atoms. The summed E-state index contributed by atoms with van der Waals surface area (Å²) in [5.41, 5.74) is 5.07. The zero-order valence-corrected chi connectivity index (χ0v) is 10.2. The van der Waals surface area contributed by atoms with Gasteiger partial charge in [-0.2, -0.15) is 0 Å². The fourth-order valence-corrected chi connectivity index (χ4v) is 2.32. The first-order chi connectivity index (χ1) is 8.38. The Kier molecular flexibility index (Phi) is 2.95. The monoisotopic (exact) mass is 271 g/mol. The van der Waals surface area contributed by atoms with E-state index in [2.05, 4.69) is 9.88 Å². The van der Waals surface area contributed by atoms with Crippen LogP contribution in [0.3, 0.4) is 0 Å². The van der Waals surface area contributed by atoms with Crippen molar-refractivity contribution in [2.45, 2.75) is 11.8 Å². The number of benzene rings is 1. The quantitative estimate of drug-likeness (QED) is 0.824. The SMILES string of the molecule is Cc1cc(NS(=O)(=O)c2ccc(F)c(N)c2)no1. The van der Waals surface area contributed by atoms with Crippen LogP contribution in [0, 0.1) is 12.7 Å². The molecule has 0 unspecified atom stereocenters. The normalized spacial score (nSPS) is 11.4. The first-order valence-corrected chi connectivity index (χ1v) is 6.38. The van der Waals surface area contributed by atoms with Gasteiger partial charge in [0.05, 0.1) is 10.6 Å². The second kappa shape index (κ2) is 4.30. The van der Waals surface area contributed by atoms with E-state index in [0.29, 0.717) is 5.76 Å². The first-order valence-electron chi connectivity index (χ1n) is 4.89. The number of hydrogen-bond donors (Lipinski definition) is 2.